The lowest BCUT2D eigenvalue weighted by Gasteiger charge is -2.33. The van der Waals surface area contributed by atoms with Gasteiger partial charge >= 0.3 is 12.1 Å². The fraction of sp³-hybridized carbons (Fsp3) is 0.429. The van der Waals surface area contributed by atoms with Crippen LogP contribution in [0.15, 0.2) is 30.3 Å². The van der Waals surface area contributed by atoms with Crippen molar-refractivity contribution in [2.75, 3.05) is 0 Å². The van der Waals surface area contributed by atoms with E-state index in [2.05, 4.69) is 0 Å². The van der Waals surface area contributed by atoms with Gasteiger partial charge in [0.2, 0.25) is 11.4 Å². The molecule has 0 heterocycles. The van der Waals surface area contributed by atoms with Crippen molar-refractivity contribution < 1.29 is 27.9 Å². The number of benzene rings is 1. The number of carbonyl (C=O) groups excluding carboxylic acids is 1. The van der Waals surface area contributed by atoms with Gasteiger partial charge in [-0.3, -0.25) is 4.79 Å². The second-order valence-corrected chi connectivity index (χ2v) is 5.37. The van der Waals surface area contributed by atoms with Crippen LogP contribution in [0.2, 0.25) is 0 Å². The van der Waals surface area contributed by atoms with Gasteiger partial charge in [0.1, 0.15) is 0 Å². The monoisotopic (exact) mass is 303 g/mol. The smallest absolute Gasteiger partial charge is 0.422 e. The zero-order chi connectivity index (χ0) is 16.5. The number of nitrogens with one attached hydrogen (secondary N) is 1. The van der Waals surface area contributed by atoms with Gasteiger partial charge in [0.25, 0.3) is 0 Å². The third-order valence-electron chi connectivity index (χ3n) is 3.42. The van der Waals surface area contributed by atoms with Crippen LogP contribution in [0, 0.1) is 0 Å². The molecule has 0 spiro atoms. The van der Waals surface area contributed by atoms with Crippen LogP contribution >= 0.6 is 0 Å². The Labute approximate surface area is 120 Å². The zero-order valence-corrected chi connectivity index (χ0v) is 11.8. The molecular formula is C14H16F3NO3. The molecule has 0 aromatic heterocycles. The predicted octanol–water partition coefficient (Wildman–Crippen LogP) is 2.49. The lowest BCUT2D eigenvalue weighted by molar-refractivity contribution is -0.207. The average molecular weight is 303 g/mol. The summed E-state index contributed by atoms with van der Waals surface area (Å²) < 4.78 is 38.7. The highest BCUT2D eigenvalue weighted by Gasteiger charge is 2.59. The molecule has 0 saturated carbocycles. The van der Waals surface area contributed by atoms with Crippen LogP contribution in [0.5, 0.6) is 0 Å². The topological polar surface area (TPSA) is 66.4 Å². The van der Waals surface area contributed by atoms with E-state index in [-0.39, 0.29) is 0 Å². The molecule has 1 aromatic carbocycles. The van der Waals surface area contributed by atoms with Crippen molar-refractivity contribution in [1.29, 1.82) is 0 Å². The van der Waals surface area contributed by atoms with Crippen molar-refractivity contribution in [3.63, 3.8) is 0 Å². The van der Waals surface area contributed by atoms with E-state index in [0.29, 0.717) is 12.5 Å². The van der Waals surface area contributed by atoms with Gasteiger partial charge in [0.05, 0.1) is 5.41 Å². The minimum absolute atomic E-state index is 0.425. The number of carboxylic acids is 1. The van der Waals surface area contributed by atoms with E-state index in [4.69, 9.17) is 5.11 Å². The lowest BCUT2D eigenvalue weighted by Crippen LogP contribution is -2.64. The SMILES string of the molecule is CC(C)(C(=O)NC(C)(C(=O)O)C(F)(F)F)c1ccccc1. The van der Waals surface area contributed by atoms with E-state index in [1.165, 1.54) is 13.8 Å². The van der Waals surface area contributed by atoms with Crippen molar-refractivity contribution in [2.24, 2.45) is 0 Å². The lowest BCUT2D eigenvalue weighted by atomic mass is 9.82. The van der Waals surface area contributed by atoms with E-state index in [9.17, 15) is 22.8 Å². The third kappa shape index (κ3) is 3.17. The fourth-order valence-corrected chi connectivity index (χ4v) is 1.61. The average Bonchev–Trinajstić information content (AvgIpc) is 2.37. The largest absolute Gasteiger partial charge is 0.479 e. The molecule has 0 bridgehead atoms. The molecule has 4 nitrogen and oxygen atoms in total. The van der Waals surface area contributed by atoms with Crippen LogP contribution in [0.3, 0.4) is 0 Å². The molecule has 0 aliphatic carbocycles. The van der Waals surface area contributed by atoms with E-state index in [1.807, 2.05) is 0 Å². The summed E-state index contributed by atoms with van der Waals surface area (Å²) in [6.45, 7) is 3.28. The molecule has 1 unspecified atom stereocenters. The summed E-state index contributed by atoms with van der Waals surface area (Å²) in [7, 11) is 0. The Hall–Kier alpha value is -2.05. The molecule has 1 amide bonds. The Morgan fingerprint density at radius 2 is 1.52 bits per heavy atom. The van der Waals surface area contributed by atoms with Crippen LogP contribution in [0.25, 0.3) is 0 Å². The Balaban J connectivity index is 3.12. The standard InChI is InChI=1S/C14H16F3NO3/c1-12(2,9-7-5-4-6-8-9)10(19)18-13(3,11(20)21)14(15,16)17/h4-8H,1-3H3,(H,18,19)(H,20,21). The van der Waals surface area contributed by atoms with Crippen molar-refractivity contribution in [3.8, 4) is 0 Å². The summed E-state index contributed by atoms with van der Waals surface area (Å²) in [5.74, 6) is -3.18. The molecule has 1 rings (SSSR count). The molecule has 1 aromatic rings. The molecular weight excluding hydrogens is 287 g/mol. The molecule has 0 radical (unpaired) electrons. The summed E-state index contributed by atoms with van der Waals surface area (Å²) >= 11 is 0. The van der Waals surface area contributed by atoms with Gasteiger partial charge in [-0.2, -0.15) is 13.2 Å². The van der Waals surface area contributed by atoms with E-state index in [0.717, 1.165) is 0 Å². The second-order valence-electron chi connectivity index (χ2n) is 5.37. The quantitative estimate of drug-likeness (QED) is 0.898. The Bertz CT molecular complexity index is 540. The molecule has 1 atom stereocenters. The molecule has 116 valence electrons. The van der Waals surface area contributed by atoms with Crippen LogP contribution < -0.4 is 5.32 Å². The van der Waals surface area contributed by atoms with E-state index >= 15 is 0 Å². The van der Waals surface area contributed by atoms with Crippen molar-refractivity contribution in [3.05, 3.63) is 35.9 Å². The summed E-state index contributed by atoms with van der Waals surface area (Å²) in [4.78, 5) is 23.1. The molecule has 7 heteroatoms. The number of hydrogen-bond donors (Lipinski definition) is 2. The predicted molar refractivity (Wildman–Crippen MR) is 69.7 cm³/mol. The first-order valence-corrected chi connectivity index (χ1v) is 6.11. The zero-order valence-electron chi connectivity index (χ0n) is 11.8. The van der Waals surface area contributed by atoms with Gasteiger partial charge in [0, 0.05) is 0 Å². The summed E-state index contributed by atoms with van der Waals surface area (Å²) in [6, 6.07) is 8.17. The minimum atomic E-state index is -5.11. The number of rotatable bonds is 4. The summed E-state index contributed by atoms with van der Waals surface area (Å²) in [5, 5.41) is 10.4. The van der Waals surface area contributed by atoms with Crippen LogP contribution in [-0.4, -0.2) is 28.7 Å². The van der Waals surface area contributed by atoms with Gasteiger partial charge in [-0.15, -0.1) is 0 Å². The van der Waals surface area contributed by atoms with Crippen LogP contribution in [0.1, 0.15) is 26.3 Å². The highest BCUT2D eigenvalue weighted by molar-refractivity contribution is 5.93. The molecule has 2 N–H and O–H groups in total. The normalized spacial score (nSPS) is 15.1. The summed E-state index contributed by atoms with van der Waals surface area (Å²) in [6.07, 6.45) is -5.11. The van der Waals surface area contributed by atoms with E-state index < -0.39 is 29.0 Å². The summed E-state index contributed by atoms with van der Waals surface area (Å²) in [5.41, 5.74) is -4.16. The maximum Gasteiger partial charge on any atom is 0.422 e. The number of alkyl halides is 3. The van der Waals surface area contributed by atoms with Gasteiger partial charge in [0.15, 0.2) is 0 Å². The number of carbonyl (C=O) groups is 2. The molecule has 21 heavy (non-hydrogen) atoms. The maximum absolute atomic E-state index is 12.9. The maximum atomic E-state index is 12.9. The first-order chi connectivity index (χ1) is 9.43. The molecule has 0 aliphatic rings. The van der Waals surface area contributed by atoms with Gasteiger partial charge in [-0.05, 0) is 26.3 Å². The number of hydrogen-bond acceptors (Lipinski definition) is 2. The van der Waals surface area contributed by atoms with Crippen molar-refractivity contribution in [1.82, 2.24) is 5.32 Å². The van der Waals surface area contributed by atoms with Crippen molar-refractivity contribution in [2.45, 2.75) is 37.9 Å². The minimum Gasteiger partial charge on any atom is -0.479 e. The first-order valence-electron chi connectivity index (χ1n) is 6.11. The van der Waals surface area contributed by atoms with Crippen LogP contribution in [0.4, 0.5) is 13.2 Å². The molecule has 0 saturated heterocycles. The fourth-order valence-electron chi connectivity index (χ4n) is 1.61. The van der Waals surface area contributed by atoms with Gasteiger partial charge in [-0.25, -0.2) is 4.79 Å². The van der Waals surface area contributed by atoms with Gasteiger partial charge < -0.3 is 10.4 Å². The first kappa shape index (κ1) is 17.0. The molecule has 0 fully saturated rings. The highest BCUT2D eigenvalue weighted by Crippen LogP contribution is 2.32. The van der Waals surface area contributed by atoms with Gasteiger partial charge in [-0.1, -0.05) is 30.3 Å². The Morgan fingerprint density at radius 3 is 1.90 bits per heavy atom. The Morgan fingerprint density at radius 1 is 1.05 bits per heavy atom. The third-order valence-corrected chi connectivity index (χ3v) is 3.42. The number of aliphatic carboxylic acids is 1. The highest BCUT2D eigenvalue weighted by atomic mass is 19.4. The van der Waals surface area contributed by atoms with Crippen LogP contribution in [-0.2, 0) is 15.0 Å². The number of carboxylic acid groups (broad SMARTS) is 1. The second kappa shape index (κ2) is 5.38. The molecule has 0 aliphatic heterocycles. The number of halogens is 3. The Kier molecular flexibility index (Phi) is 4.36. The van der Waals surface area contributed by atoms with E-state index in [1.54, 1.807) is 35.6 Å². The number of amides is 1. The van der Waals surface area contributed by atoms with Crippen molar-refractivity contribution >= 4 is 11.9 Å².